The van der Waals surface area contributed by atoms with E-state index in [1.54, 1.807) is 4.90 Å². The Labute approximate surface area is 133 Å². The summed E-state index contributed by atoms with van der Waals surface area (Å²) < 4.78 is 5.94. The minimum Gasteiger partial charge on any atom is -0.493 e. The van der Waals surface area contributed by atoms with Crippen molar-refractivity contribution >= 4 is 11.6 Å². The van der Waals surface area contributed by atoms with Gasteiger partial charge in [0.05, 0.1) is 26.2 Å². The molecule has 1 saturated heterocycles. The topological polar surface area (TPSA) is 13.7 Å². The Bertz CT molecular complexity index is 461. The number of allylic oxidation sites excluding steroid dienone is 1. The molecule has 1 aromatic carbocycles. The maximum absolute atomic E-state index is 6.04. The lowest BCUT2D eigenvalue weighted by molar-refractivity contribution is -0.908. The molecule has 1 aliphatic heterocycles. The Balaban J connectivity index is 1.76. The number of likely N-dealkylation sites (tertiary alicyclic amines) is 1. The Morgan fingerprint density at radius 1 is 1.48 bits per heavy atom. The zero-order valence-corrected chi connectivity index (χ0v) is 13.8. The van der Waals surface area contributed by atoms with Crippen LogP contribution in [0.5, 0.6) is 5.75 Å². The van der Waals surface area contributed by atoms with Crippen molar-refractivity contribution in [3.63, 3.8) is 0 Å². The summed E-state index contributed by atoms with van der Waals surface area (Å²) in [6, 6.07) is 5.83. The molecule has 2 nitrogen and oxygen atoms in total. The number of hydrogen-bond acceptors (Lipinski definition) is 1. The lowest BCUT2D eigenvalue weighted by atomic mass is 10.0. The van der Waals surface area contributed by atoms with Gasteiger partial charge in [0.15, 0.2) is 0 Å². The monoisotopic (exact) mass is 308 g/mol. The van der Waals surface area contributed by atoms with E-state index in [2.05, 4.69) is 13.5 Å². The van der Waals surface area contributed by atoms with Gasteiger partial charge in [0.25, 0.3) is 0 Å². The third-order valence-electron chi connectivity index (χ3n) is 4.18. The van der Waals surface area contributed by atoms with E-state index in [9.17, 15) is 0 Å². The van der Waals surface area contributed by atoms with Crippen molar-refractivity contribution in [1.29, 1.82) is 0 Å². The number of piperidine rings is 1. The predicted octanol–water partition coefficient (Wildman–Crippen LogP) is 3.15. The van der Waals surface area contributed by atoms with Gasteiger partial charge in [-0.25, -0.2) is 0 Å². The van der Waals surface area contributed by atoms with Crippen molar-refractivity contribution in [3.05, 3.63) is 41.4 Å². The molecule has 0 saturated carbocycles. The van der Waals surface area contributed by atoms with Crippen molar-refractivity contribution in [2.24, 2.45) is 5.92 Å². The first-order valence-corrected chi connectivity index (χ1v) is 8.42. The van der Waals surface area contributed by atoms with E-state index in [0.717, 1.165) is 41.7 Å². The summed E-state index contributed by atoms with van der Waals surface area (Å²) in [7, 11) is 0. The molecule has 2 atom stereocenters. The molecule has 0 amide bonds. The molecule has 1 aromatic rings. The average molecular weight is 309 g/mol. The van der Waals surface area contributed by atoms with E-state index in [0.29, 0.717) is 0 Å². The van der Waals surface area contributed by atoms with E-state index in [1.807, 2.05) is 24.3 Å². The fourth-order valence-electron chi connectivity index (χ4n) is 3.13. The zero-order valence-electron chi connectivity index (χ0n) is 13.0. The summed E-state index contributed by atoms with van der Waals surface area (Å²) in [5, 5.41) is 0.756. The third kappa shape index (κ3) is 5.37. The van der Waals surface area contributed by atoms with Crippen molar-refractivity contribution in [2.75, 3.05) is 26.2 Å². The summed E-state index contributed by atoms with van der Waals surface area (Å²) in [5.41, 5.74) is 1.12. The van der Waals surface area contributed by atoms with Gasteiger partial charge in [0, 0.05) is 17.4 Å². The van der Waals surface area contributed by atoms with Crippen LogP contribution in [0, 0.1) is 5.92 Å². The van der Waals surface area contributed by atoms with Crippen molar-refractivity contribution in [2.45, 2.75) is 32.6 Å². The summed E-state index contributed by atoms with van der Waals surface area (Å²) in [6.45, 7) is 10.8. The molecule has 0 bridgehead atoms. The molecule has 1 heterocycles. The van der Waals surface area contributed by atoms with Crippen molar-refractivity contribution < 1.29 is 9.64 Å². The van der Waals surface area contributed by atoms with Crippen LogP contribution in [0.15, 0.2) is 30.9 Å². The Kier molecular flexibility index (Phi) is 6.59. The highest BCUT2D eigenvalue weighted by molar-refractivity contribution is 6.30. The van der Waals surface area contributed by atoms with Crippen LogP contribution in [-0.2, 0) is 6.42 Å². The van der Waals surface area contributed by atoms with E-state index in [4.69, 9.17) is 16.3 Å². The lowest BCUT2D eigenvalue weighted by Gasteiger charge is -2.27. The maximum Gasteiger partial charge on any atom is 0.122 e. The first-order chi connectivity index (χ1) is 10.2. The van der Waals surface area contributed by atoms with Crippen LogP contribution < -0.4 is 9.64 Å². The molecule has 2 rings (SSSR count). The van der Waals surface area contributed by atoms with Gasteiger partial charge in [-0.05, 0) is 43.0 Å². The number of hydrogen-bond donors (Lipinski definition) is 1. The number of quaternary nitrogens is 1. The van der Waals surface area contributed by atoms with Gasteiger partial charge in [0.2, 0.25) is 0 Å². The number of rotatable bonds is 7. The van der Waals surface area contributed by atoms with Gasteiger partial charge in [-0.3, -0.25) is 0 Å². The summed E-state index contributed by atoms with van der Waals surface area (Å²) in [6.07, 6.45) is 6.56. The predicted molar refractivity (Wildman–Crippen MR) is 89.4 cm³/mol. The quantitative estimate of drug-likeness (QED) is 0.603. The molecule has 1 aliphatic rings. The fourth-order valence-corrected chi connectivity index (χ4v) is 3.33. The van der Waals surface area contributed by atoms with E-state index in [1.165, 1.54) is 32.5 Å². The second kappa shape index (κ2) is 8.45. The van der Waals surface area contributed by atoms with Gasteiger partial charge >= 0.3 is 0 Å². The van der Waals surface area contributed by atoms with E-state index >= 15 is 0 Å². The molecular formula is C18H27ClNO+. The van der Waals surface area contributed by atoms with Crippen LogP contribution in [0.1, 0.15) is 31.7 Å². The van der Waals surface area contributed by atoms with Crippen LogP contribution in [0.25, 0.3) is 0 Å². The highest BCUT2D eigenvalue weighted by Gasteiger charge is 2.18. The maximum atomic E-state index is 6.04. The fraction of sp³-hybridized carbons (Fsp3) is 0.556. The molecule has 1 unspecified atom stereocenters. The van der Waals surface area contributed by atoms with E-state index < -0.39 is 0 Å². The van der Waals surface area contributed by atoms with Crippen LogP contribution in [0.3, 0.4) is 0 Å². The molecule has 0 aromatic heterocycles. The molecule has 0 aliphatic carbocycles. The molecule has 0 spiro atoms. The molecule has 3 heteroatoms. The summed E-state index contributed by atoms with van der Waals surface area (Å²) >= 11 is 6.04. The minimum absolute atomic E-state index is 0.756. The normalized spacial score (nSPS) is 22.0. The highest BCUT2D eigenvalue weighted by Crippen LogP contribution is 2.23. The molecule has 0 radical (unpaired) electrons. The molecule has 1 fully saturated rings. The number of nitrogens with one attached hydrogen (secondary N) is 1. The van der Waals surface area contributed by atoms with Gasteiger partial charge in [-0.2, -0.15) is 0 Å². The number of ether oxygens (including phenoxy) is 1. The van der Waals surface area contributed by atoms with Gasteiger partial charge < -0.3 is 9.64 Å². The van der Waals surface area contributed by atoms with Crippen molar-refractivity contribution in [3.8, 4) is 5.75 Å². The second-order valence-electron chi connectivity index (χ2n) is 6.15. The highest BCUT2D eigenvalue weighted by atomic mass is 35.5. The van der Waals surface area contributed by atoms with Gasteiger partial charge in [0.1, 0.15) is 5.75 Å². The Hall–Kier alpha value is -0.990. The molecule has 1 N–H and O–H groups in total. The SMILES string of the molecule is C=CCc1cc(Cl)ccc1OCCC[NH+]1CCC[C@H](C)C1. The van der Waals surface area contributed by atoms with Crippen LogP contribution >= 0.6 is 11.6 Å². The third-order valence-corrected chi connectivity index (χ3v) is 4.42. The van der Waals surface area contributed by atoms with Gasteiger partial charge in [-0.1, -0.05) is 24.6 Å². The van der Waals surface area contributed by atoms with Gasteiger partial charge in [-0.15, -0.1) is 6.58 Å². The van der Waals surface area contributed by atoms with Crippen molar-refractivity contribution in [1.82, 2.24) is 0 Å². The summed E-state index contributed by atoms with van der Waals surface area (Å²) in [4.78, 5) is 1.74. The lowest BCUT2D eigenvalue weighted by Crippen LogP contribution is -3.13. The summed E-state index contributed by atoms with van der Waals surface area (Å²) in [5.74, 6) is 1.83. The Morgan fingerprint density at radius 2 is 2.33 bits per heavy atom. The minimum atomic E-state index is 0.756. The first-order valence-electron chi connectivity index (χ1n) is 8.04. The average Bonchev–Trinajstić information content (AvgIpc) is 2.46. The standard InChI is InChI=1S/C18H26ClNO/c1-3-6-16-13-17(19)8-9-18(16)21-12-5-11-20-10-4-7-15(2)14-20/h3,8-9,13,15H,1,4-7,10-12,14H2,2H3/p+1/t15-/m0/s1. The number of benzene rings is 1. The smallest absolute Gasteiger partial charge is 0.122 e. The first kappa shape index (κ1) is 16.4. The zero-order chi connectivity index (χ0) is 15.1. The Morgan fingerprint density at radius 3 is 3.10 bits per heavy atom. The largest absolute Gasteiger partial charge is 0.493 e. The molecule has 116 valence electrons. The molecular weight excluding hydrogens is 282 g/mol. The number of halogens is 1. The van der Waals surface area contributed by atoms with Crippen LogP contribution in [-0.4, -0.2) is 26.2 Å². The van der Waals surface area contributed by atoms with Crippen LogP contribution in [0.2, 0.25) is 5.02 Å². The van der Waals surface area contributed by atoms with E-state index in [-0.39, 0.29) is 0 Å². The second-order valence-corrected chi connectivity index (χ2v) is 6.58. The van der Waals surface area contributed by atoms with Crippen LogP contribution in [0.4, 0.5) is 0 Å². The molecule has 21 heavy (non-hydrogen) atoms.